The molecule has 0 fully saturated rings. The summed E-state index contributed by atoms with van der Waals surface area (Å²) >= 11 is 0. The van der Waals surface area contributed by atoms with E-state index in [0.29, 0.717) is 5.69 Å². The molecule has 6 heteroatoms. The zero-order valence-electron chi connectivity index (χ0n) is 14.5. The lowest BCUT2D eigenvalue weighted by atomic mass is 9.90. The predicted molar refractivity (Wildman–Crippen MR) is 93.3 cm³/mol. The van der Waals surface area contributed by atoms with Gasteiger partial charge in [-0.1, -0.05) is 6.07 Å². The van der Waals surface area contributed by atoms with Gasteiger partial charge in [-0.15, -0.1) is 0 Å². The number of halogens is 2. The van der Waals surface area contributed by atoms with E-state index in [-0.39, 0.29) is 5.69 Å². The van der Waals surface area contributed by atoms with Crippen LogP contribution in [0.4, 0.5) is 20.2 Å². The third kappa shape index (κ3) is 4.41. The average Bonchev–Trinajstić information content (AvgIpc) is 2.49. The summed E-state index contributed by atoms with van der Waals surface area (Å²) in [6, 6.07) is 8.58. The van der Waals surface area contributed by atoms with E-state index in [1.54, 1.807) is 12.1 Å². The Bertz CT molecular complexity index is 812. The van der Waals surface area contributed by atoms with E-state index >= 15 is 0 Å². The SMILES string of the molecule is Cc1cc(C)cc(NC(=O)C(C)(C)C(=O)Nc2ccc(F)c(F)c2)c1. The van der Waals surface area contributed by atoms with Crippen molar-refractivity contribution in [1.82, 2.24) is 0 Å². The second-order valence-corrected chi connectivity index (χ2v) is 6.54. The molecule has 2 aromatic rings. The molecule has 25 heavy (non-hydrogen) atoms. The van der Waals surface area contributed by atoms with Crippen LogP contribution in [0.2, 0.25) is 0 Å². The van der Waals surface area contributed by atoms with Gasteiger partial charge in [0.1, 0.15) is 5.41 Å². The van der Waals surface area contributed by atoms with Crippen LogP contribution in [0.1, 0.15) is 25.0 Å². The van der Waals surface area contributed by atoms with Crippen molar-refractivity contribution < 1.29 is 18.4 Å². The molecule has 0 aliphatic heterocycles. The first-order valence-electron chi connectivity index (χ1n) is 7.76. The van der Waals surface area contributed by atoms with Crippen LogP contribution in [0, 0.1) is 30.9 Å². The summed E-state index contributed by atoms with van der Waals surface area (Å²) in [6.45, 7) is 6.73. The number of benzene rings is 2. The summed E-state index contributed by atoms with van der Waals surface area (Å²) < 4.78 is 26.2. The molecule has 0 atom stereocenters. The lowest BCUT2D eigenvalue weighted by Crippen LogP contribution is -2.41. The summed E-state index contributed by atoms with van der Waals surface area (Å²) in [5.41, 5.74) is 1.23. The Morgan fingerprint density at radius 2 is 1.32 bits per heavy atom. The number of carbonyl (C=O) groups is 2. The zero-order chi connectivity index (χ0) is 18.8. The molecule has 2 rings (SSSR count). The van der Waals surface area contributed by atoms with Gasteiger partial charge >= 0.3 is 0 Å². The number of aryl methyl sites for hydroxylation is 2. The number of hydrogen-bond donors (Lipinski definition) is 2. The second kappa shape index (κ2) is 7.01. The standard InChI is InChI=1S/C19H20F2N2O2/c1-11-7-12(2)9-14(8-11)23-18(25)19(3,4)17(24)22-13-5-6-15(20)16(21)10-13/h5-10H,1-4H3,(H,22,24)(H,23,25). The number of carbonyl (C=O) groups excluding carboxylic acids is 2. The van der Waals surface area contributed by atoms with Crippen LogP contribution in [0.3, 0.4) is 0 Å². The third-order valence-corrected chi connectivity index (χ3v) is 3.79. The topological polar surface area (TPSA) is 58.2 Å². The van der Waals surface area contributed by atoms with Crippen LogP contribution in [0.25, 0.3) is 0 Å². The van der Waals surface area contributed by atoms with E-state index < -0.39 is 28.9 Å². The van der Waals surface area contributed by atoms with Gasteiger partial charge in [0, 0.05) is 17.4 Å². The van der Waals surface area contributed by atoms with Crippen molar-refractivity contribution in [1.29, 1.82) is 0 Å². The number of nitrogens with one attached hydrogen (secondary N) is 2. The zero-order valence-corrected chi connectivity index (χ0v) is 14.5. The first kappa shape index (κ1) is 18.6. The maximum Gasteiger partial charge on any atom is 0.239 e. The van der Waals surface area contributed by atoms with Crippen molar-refractivity contribution in [2.75, 3.05) is 10.6 Å². The number of hydrogen-bond acceptors (Lipinski definition) is 2. The molecule has 0 heterocycles. The fourth-order valence-electron chi connectivity index (χ4n) is 2.30. The van der Waals surface area contributed by atoms with Crippen molar-refractivity contribution in [2.45, 2.75) is 27.7 Å². The molecule has 0 spiro atoms. The Labute approximate surface area is 145 Å². The van der Waals surface area contributed by atoms with Crippen molar-refractivity contribution in [3.05, 3.63) is 59.2 Å². The maximum absolute atomic E-state index is 13.2. The molecule has 0 unspecified atom stereocenters. The highest BCUT2D eigenvalue weighted by atomic mass is 19.2. The molecule has 4 nitrogen and oxygen atoms in total. The molecule has 0 aliphatic carbocycles. The highest BCUT2D eigenvalue weighted by Gasteiger charge is 2.36. The van der Waals surface area contributed by atoms with Gasteiger partial charge in [0.05, 0.1) is 0 Å². The van der Waals surface area contributed by atoms with Crippen molar-refractivity contribution in [3.8, 4) is 0 Å². The molecule has 2 N–H and O–H groups in total. The van der Waals surface area contributed by atoms with Crippen LogP contribution < -0.4 is 10.6 Å². The lowest BCUT2D eigenvalue weighted by molar-refractivity contribution is -0.135. The molecule has 0 saturated carbocycles. The van der Waals surface area contributed by atoms with Gasteiger partial charge in [-0.3, -0.25) is 9.59 Å². The monoisotopic (exact) mass is 346 g/mol. The maximum atomic E-state index is 13.2. The first-order chi connectivity index (χ1) is 11.6. The molecule has 132 valence electrons. The number of rotatable bonds is 4. The minimum atomic E-state index is -1.41. The summed E-state index contributed by atoms with van der Waals surface area (Å²) in [4.78, 5) is 24.9. The van der Waals surface area contributed by atoms with Crippen LogP contribution in [0.15, 0.2) is 36.4 Å². The lowest BCUT2D eigenvalue weighted by Gasteiger charge is -2.23. The Kier molecular flexibility index (Phi) is 5.21. The summed E-state index contributed by atoms with van der Waals surface area (Å²) in [6.07, 6.45) is 0. The summed E-state index contributed by atoms with van der Waals surface area (Å²) in [5, 5.41) is 5.15. The van der Waals surface area contributed by atoms with Crippen LogP contribution in [-0.4, -0.2) is 11.8 Å². The minimum absolute atomic E-state index is 0.0798. The summed E-state index contributed by atoms with van der Waals surface area (Å²) in [7, 11) is 0. The third-order valence-electron chi connectivity index (χ3n) is 3.79. The van der Waals surface area contributed by atoms with E-state index in [9.17, 15) is 18.4 Å². The number of anilines is 2. The normalized spacial score (nSPS) is 11.1. The van der Waals surface area contributed by atoms with E-state index in [2.05, 4.69) is 10.6 Å². The molecule has 0 bridgehead atoms. The van der Waals surface area contributed by atoms with Gasteiger partial charge in [0.25, 0.3) is 0 Å². The fraction of sp³-hybridized carbons (Fsp3) is 0.263. The van der Waals surface area contributed by atoms with Gasteiger partial charge in [-0.05, 0) is 63.1 Å². The van der Waals surface area contributed by atoms with Crippen molar-refractivity contribution in [3.63, 3.8) is 0 Å². The molecule has 0 aromatic heterocycles. The van der Waals surface area contributed by atoms with E-state index in [1.807, 2.05) is 19.9 Å². The molecule has 2 aromatic carbocycles. The Hall–Kier alpha value is -2.76. The average molecular weight is 346 g/mol. The van der Waals surface area contributed by atoms with Gasteiger partial charge in [0.15, 0.2) is 11.6 Å². The van der Waals surface area contributed by atoms with Crippen LogP contribution in [0.5, 0.6) is 0 Å². The Morgan fingerprint density at radius 1 is 0.800 bits per heavy atom. The van der Waals surface area contributed by atoms with E-state index in [0.717, 1.165) is 23.3 Å². The van der Waals surface area contributed by atoms with E-state index in [4.69, 9.17) is 0 Å². The van der Waals surface area contributed by atoms with Gasteiger partial charge in [-0.25, -0.2) is 8.78 Å². The van der Waals surface area contributed by atoms with Crippen molar-refractivity contribution in [2.24, 2.45) is 5.41 Å². The minimum Gasteiger partial charge on any atom is -0.325 e. The van der Waals surface area contributed by atoms with Crippen LogP contribution in [-0.2, 0) is 9.59 Å². The smallest absolute Gasteiger partial charge is 0.239 e. The molecular formula is C19H20F2N2O2. The molecule has 2 amide bonds. The van der Waals surface area contributed by atoms with Gasteiger partial charge in [-0.2, -0.15) is 0 Å². The molecular weight excluding hydrogens is 326 g/mol. The highest BCUT2D eigenvalue weighted by Crippen LogP contribution is 2.23. The Morgan fingerprint density at radius 3 is 1.84 bits per heavy atom. The quantitative estimate of drug-likeness (QED) is 0.816. The molecule has 0 saturated heterocycles. The molecule has 0 aliphatic rings. The highest BCUT2D eigenvalue weighted by molar-refractivity contribution is 6.14. The largest absolute Gasteiger partial charge is 0.325 e. The van der Waals surface area contributed by atoms with Crippen LogP contribution >= 0.6 is 0 Å². The summed E-state index contributed by atoms with van der Waals surface area (Å²) in [5.74, 6) is -3.21. The second-order valence-electron chi connectivity index (χ2n) is 6.54. The molecule has 0 radical (unpaired) electrons. The first-order valence-corrected chi connectivity index (χ1v) is 7.76. The van der Waals surface area contributed by atoms with E-state index in [1.165, 1.54) is 19.9 Å². The Balaban J connectivity index is 2.13. The van der Waals surface area contributed by atoms with Gasteiger partial charge in [0.2, 0.25) is 11.8 Å². The predicted octanol–water partition coefficient (Wildman–Crippen LogP) is 4.19. The van der Waals surface area contributed by atoms with Crippen molar-refractivity contribution >= 4 is 23.2 Å². The fourth-order valence-corrected chi connectivity index (χ4v) is 2.30. The number of amides is 2. The van der Waals surface area contributed by atoms with Gasteiger partial charge < -0.3 is 10.6 Å².